The number of hydrogen-bond acceptors (Lipinski definition) is 10. The molecule has 3 aromatic rings. The fourth-order valence-corrected chi connectivity index (χ4v) is 5.11. The number of urea groups is 1. The number of carbonyl (C=O) groups excluding carboxylic acids is 2. The lowest BCUT2D eigenvalue weighted by Crippen LogP contribution is -2.45. The van der Waals surface area contributed by atoms with Crippen LogP contribution >= 0.6 is 0 Å². The number of hydrazone groups is 1. The number of aromatic nitrogens is 1. The highest BCUT2D eigenvalue weighted by Gasteiger charge is 2.32. The van der Waals surface area contributed by atoms with Crippen molar-refractivity contribution in [1.82, 2.24) is 20.6 Å². The van der Waals surface area contributed by atoms with Gasteiger partial charge in [0, 0.05) is 40.5 Å². The minimum absolute atomic E-state index is 0.0282. The van der Waals surface area contributed by atoms with Crippen LogP contribution in [0, 0.1) is 30.9 Å². The number of nitrogens with one attached hydrogen (secondary N) is 3. The summed E-state index contributed by atoms with van der Waals surface area (Å²) in [6.45, 7) is 9.23. The Morgan fingerprint density at radius 2 is 1.91 bits per heavy atom. The average molecular weight is 621 g/mol. The Hall–Kier alpha value is -5.37. The SMILES string of the molecule is CCOc1cc([C@@H]2NC(=O)NC(C)=C2C(=O)OC)ccc1OC[C@@H](O)N/N=C\c1cc(C)n(-c2ccc([N+](=O)[O-])cc2C)c1C. The summed E-state index contributed by atoms with van der Waals surface area (Å²) in [5.74, 6) is 0.115. The molecule has 4 rings (SSSR count). The van der Waals surface area contributed by atoms with E-state index in [4.69, 9.17) is 14.2 Å². The van der Waals surface area contributed by atoms with Gasteiger partial charge in [-0.1, -0.05) is 6.07 Å². The first-order valence-electron chi connectivity index (χ1n) is 14.1. The molecule has 1 aliphatic heterocycles. The highest BCUT2D eigenvalue weighted by molar-refractivity contribution is 5.95. The van der Waals surface area contributed by atoms with Gasteiger partial charge in [-0.2, -0.15) is 5.10 Å². The number of benzene rings is 2. The van der Waals surface area contributed by atoms with Gasteiger partial charge < -0.3 is 34.5 Å². The fraction of sp³-hybridized carbons (Fsp3) is 0.323. The van der Waals surface area contributed by atoms with E-state index in [2.05, 4.69) is 21.2 Å². The average Bonchev–Trinajstić information content (AvgIpc) is 3.27. The summed E-state index contributed by atoms with van der Waals surface area (Å²) in [7, 11) is 1.27. The van der Waals surface area contributed by atoms with Crippen LogP contribution in [0.2, 0.25) is 0 Å². The first kappa shape index (κ1) is 32.5. The molecular formula is C31H36N6O8. The van der Waals surface area contributed by atoms with Crippen LogP contribution in [0.1, 0.15) is 48.0 Å². The van der Waals surface area contributed by atoms with Gasteiger partial charge in [0.1, 0.15) is 6.61 Å². The number of methoxy groups -OCH3 is 1. The van der Waals surface area contributed by atoms with E-state index in [-0.39, 0.29) is 17.9 Å². The molecule has 0 spiro atoms. The van der Waals surface area contributed by atoms with Crippen molar-refractivity contribution in [1.29, 1.82) is 0 Å². The second-order valence-electron chi connectivity index (χ2n) is 10.3. The molecule has 2 aromatic carbocycles. The van der Waals surface area contributed by atoms with Gasteiger partial charge in [0.15, 0.2) is 17.7 Å². The molecule has 4 N–H and O–H groups in total. The monoisotopic (exact) mass is 620 g/mol. The normalized spacial score (nSPS) is 15.4. The standard InChI is InChI=1S/C31H36N6O8/c1-7-44-26-14-21(29-28(30(39)43-6)19(4)33-31(40)34-29)8-11-25(26)45-16-27(38)35-32-15-22-13-18(3)36(20(22)5)24-10-9-23(37(41)42)12-17(24)2/h8-15,27,29,35,38H,7,16H2,1-6H3,(H2,33,34,40)/b32-15-/t27-,29+/m1/s1. The maximum Gasteiger partial charge on any atom is 0.337 e. The number of esters is 1. The maximum absolute atomic E-state index is 12.5. The Bertz CT molecular complexity index is 1680. The Morgan fingerprint density at radius 3 is 2.58 bits per heavy atom. The lowest BCUT2D eigenvalue weighted by molar-refractivity contribution is -0.384. The molecule has 0 fully saturated rings. The van der Waals surface area contributed by atoms with Crippen molar-refractivity contribution in [3.05, 3.63) is 91.9 Å². The molecule has 0 unspecified atom stereocenters. The van der Waals surface area contributed by atoms with Crippen molar-refractivity contribution in [3.8, 4) is 17.2 Å². The van der Waals surface area contributed by atoms with Gasteiger partial charge in [-0.25, -0.2) is 9.59 Å². The fourth-order valence-electron chi connectivity index (χ4n) is 5.11. The van der Waals surface area contributed by atoms with E-state index < -0.39 is 29.2 Å². The van der Waals surface area contributed by atoms with Crippen LogP contribution in [-0.4, -0.2) is 59.4 Å². The van der Waals surface area contributed by atoms with E-state index in [1.165, 1.54) is 19.2 Å². The van der Waals surface area contributed by atoms with Crippen LogP contribution < -0.4 is 25.5 Å². The summed E-state index contributed by atoms with van der Waals surface area (Å²) >= 11 is 0. The molecule has 1 aliphatic rings. The Kier molecular flexibility index (Phi) is 10.1. The molecule has 0 saturated carbocycles. The number of hydrogen-bond donors (Lipinski definition) is 4. The number of amides is 2. The number of ether oxygens (including phenoxy) is 3. The molecule has 2 amide bonds. The Morgan fingerprint density at radius 1 is 1.16 bits per heavy atom. The summed E-state index contributed by atoms with van der Waals surface area (Å²) < 4.78 is 18.5. The summed E-state index contributed by atoms with van der Waals surface area (Å²) in [5.41, 5.74) is 8.04. The van der Waals surface area contributed by atoms with Gasteiger partial charge in [-0.05, 0) is 70.0 Å². The third-order valence-corrected chi connectivity index (χ3v) is 7.20. The van der Waals surface area contributed by atoms with E-state index in [1.807, 2.05) is 31.4 Å². The molecule has 0 bridgehead atoms. The van der Waals surface area contributed by atoms with Gasteiger partial charge in [-0.15, -0.1) is 0 Å². The van der Waals surface area contributed by atoms with Gasteiger partial charge in [0.05, 0.1) is 36.5 Å². The molecule has 238 valence electrons. The zero-order chi connectivity index (χ0) is 32.8. The lowest BCUT2D eigenvalue weighted by Gasteiger charge is -2.28. The predicted octanol–water partition coefficient (Wildman–Crippen LogP) is 3.83. The third kappa shape index (κ3) is 7.24. The predicted molar refractivity (Wildman–Crippen MR) is 166 cm³/mol. The number of aryl methyl sites for hydroxylation is 2. The summed E-state index contributed by atoms with van der Waals surface area (Å²) in [4.78, 5) is 35.3. The number of nitrogens with zero attached hydrogens (tertiary/aromatic N) is 3. The number of allylic oxidation sites excluding steroid dienone is 1. The molecule has 45 heavy (non-hydrogen) atoms. The molecule has 0 saturated heterocycles. The van der Waals surface area contributed by atoms with E-state index in [0.717, 1.165) is 28.2 Å². The number of nitro benzene ring substituents is 1. The van der Waals surface area contributed by atoms with Crippen LogP contribution in [-0.2, 0) is 9.53 Å². The van der Waals surface area contributed by atoms with Gasteiger partial charge in [0.2, 0.25) is 0 Å². The number of non-ortho nitro benzene ring substituents is 1. The van der Waals surface area contributed by atoms with Crippen molar-refractivity contribution in [2.24, 2.45) is 5.10 Å². The number of nitro groups is 1. The van der Waals surface area contributed by atoms with Crippen molar-refractivity contribution >= 4 is 23.9 Å². The van der Waals surface area contributed by atoms with Crippen LogP contribution in [0.3, 0.4) is 0 Å². The first-order chi connectivity index (χ1) is 21.4. The topological polar surface area (TPSA) is 179 Å². The van der Waals surface area contributed by atoms with Crippen molar-refractivity contribution in [2.45, 2.75) is 46.9 Å². The highest BCUT2D eigenvalue weighted by Crippen LogP contribution is 2.35. The number of aliphatic hydroxyl groups is 1. The highest BCUT2D eigenvalue weighted by atomic mass is 16.6. The van der Waals surface area contributed by atoms with Gasteiger partial charge >= 0.3 is 12.0 Å². The van der Waals surface area contributed by atoms with Crippen LogP contribution in [0.15, 0.2) is 58.8 Å². The van der Waals surface area contributed by atoms with E-state index in [9.17, 15) is 24.8 Å². The minimum Gasteiger partial charge on any atom is -0.490 e. The molecule has 0 radical (unpaired) electrons. The van der Waals surface area contributed by atoms with Crippen LogP contribution in [0.25, 0.3) is 5.69 Å². The Labute approximate surface area is 259 Å². The molecule has 0 aliphatic carbocycles. The molecule has 2 heterocycles. The second kappa shape index (κ2) is 13.9. The molecule has 1 aromatic heterocycles. The zero-order valence-electron chi connectivity index (χ0n) is 25.8. The third-order valence-electron chi connectivity index (χ3n) is 7.20. The minimum atomic E-state index is -1.17. The summed E-state index contributed by atoms with van der Waals surface area (Å²) in [6, 6.07) is 10.4. The summed E-state index contributed by atoms with van der Waals surface area (Å²) in [5, 5.41) is 31.1. The van der Waals surface area contributed by atoms with E-state index >= 15 is 0 Å². The smallest absolute Gasteiger partial charge is 0.337 e. The number of rotatable bonds is 12. The number of carbonyl (C=O) groups is 2. The lowest BCUT2D eigenvalue weighted by atomic mass is 9.95. The second-order valence-corrected chi connectivity index (χ2v) is 10.3. The number of aliphatic hydroxyl groups excluding tert-OH is 1. The Balaban J connectivity index is 1.44. The van der Waals surface area contributed by atoms with Crippen molar-refractivity contribution in [3.63, 3.8) is 0 Å². The first-order valence-corrected chi connectivity index (χ1v) is 14.1. The quantitative estimate of drug-likeness (QED) is 0.0770. The van der Waals surface area contributed by atoms with E-state index in [1.54, 1.807) is 44.3 Å². The van der Waals surface area contributed by atoms with Crippen molar-refractivity contribution in [2.75, 3.05) is 20.3 Å². The molecule has 14 heteroatoms. The maximum atomic E-state index is 12.5. The van der Waals surface area contributed by atoms with Crippen LogP contribution in [0.5, 0.6) is 11.5 Å². The molecule has 2 atom stereocenters. The zero-order valence-corrected chi connectivity index (χ0v) is 25.8. The van der Waals surface area contributed by atoms with Gasteiger partial charge in [0.25, 0.3) is 5.69 Å². The largest absolute Gasteiger partial charge is 0.490 e. The van der Waals surface area contributed by atoms with E-state index in [0.29, 0.717) is 29.4 Å². The van der Waals surface area contributed by atoms with Crippen molar-refractivity contribution < 1.29 is 33.8 Å². The molecular weight excluding hydrogens is 584 g/mol. The summed E-state index contributed by atoms with van der Waals surface area (Å²) in [6.07, 6.45) is 0.404. The molecule has 14 nitrogen and oxygen atoms in total. The van der Waals surface area contributed by atoms with Crippen LogP contribution in [0.4, 0.5) is 10.5 Å². The van der Waals surface area contributed by atoms with Gasteiger partial charge in [-0.3, -0.25) is 15.5 Å².